The van der Waals surface area contributed by atoms with Crippen LogP contribution < -0.4 is 15.4 Å². The van der Waals surface area contributed by atoms with Gasteiger partial charge in [0.25, 0.3) is 0 Å². The lowest BCUT2D eigenvalue weighted by Crippen LogP contribution is -2.32. The molecule has 1 aliphatic heterocycles. The smallest absolute Gasteiger partial charge is 0.245 e. The van der Waals surface area contributed by atoms with Crippen LogP contribution in [0.25, 0.3) is 5.69 Å². The summed E-state index contributed by atoms with van der Waals surface area (Å²) in [5.41, 5.74) is 3.61. The number of nitrogens with two attached hydrogens (primary N) is 1. The summed E-state index contributed by atoms with van der Waals surface area (Å²) in [4.78, 5) is 14.8. The van der Waals surface area contributed by atoms with Gasteiger partial charge in [0.2, 0.25) is 15.9 Å². The minimum atomic E-state index is -3.80. The van der Waals surface area contributed by atoms with Crippen LogP contribution in [0.15, 0.2) is 59.5 Å². The van der Waals surface area contributed by atoms with E-state index in [4.69, 9.17) is 10.2 Å². The third kappa shape index (κ3) is 4.06. The molecule has 1 aliphatic carbocycles. The van der Waals surface area contributed by atoms with Gasteiger partial charge < -0.3 is 10.2 Å². The quantitative estimate of drug-likeness (QED) is 0.615. The lowest BCUT2D eigenvalue weighted by atomic mass is 10.2. The van der Waals surface area contributed by atoms with E-state index in [0.717, 1.165) is 41.9 Å². The van der Waals surface area contributed by atoms with Gasteiger partial charge in [0.1, 0.15) is 5.82 Å². The second-order valence-corrected chi connectivity index (χ2v) is 9.59. The van der Waals surface area contributed by atoms with Gasteiger partial charge in [0.15, 0.2) is 0 Å². The van der Waals surface area contributed by atoms with Gasteiger partial charge in [0.05, 0.1) is 22.8 Å². The van der Waals surface area contributed by atoms with Crippen molar-refractivity contribution in [2.75, 3.05) is 23.3 Å². The Morgan fingerprint density at radius 1 is 1.13 bits per heavy atom. The number of anilines is 2. The Balaban J connectivity index is 1.37. The van der Waals surface area contributed by atoms with Gasteiger partial charge in [-0.05, 0) is 49.1 Å². The van der Waals surface area contributed by atoms with E-state index >= 15 is 0 Å². The number of benzene rings is 2. The molecule has 0 radical (unpaired) electrons. The van der Waals surface area contributed by atoms with Crippen LogP contribution in [0.2, 0.25) is 0 Å². The molecular weight excluding hydrogens is 414 g/mol. The number of sulfonamides is 1. The number of carbonyl (C=O) groups excluding carboxylic acids is 1. The minimum absolute atomic E-state index is 0.0507. The summed E-state index contributed by atoms with van der Waals surface area (Å²) in [6.07, 6.45) is 2.99. The zero-order valence-corrected chi connectivity index (χ0v) is 17.7. The molecule has 3 aromatic rings. The molecule has 31 heavy (non-hydrogen) atoms. The maximum atomic E-state index is 12.9. The average molecular weight is 438 g/mol. The Bertz CT molecular complexity index is 1250. The number of aromatic nitrogens is 2. The Hall–Kier alpha value is -3.17. The maximum absolute atomic E-state index is 12.9. The first-order chi connectivity index (χ1) is 14.9. The summed E-state index contributed by atoms with van der Waals surface area (Å²) in [7, 11) is -3.80. The second kappa shape index (κ2) is 7.51. The number of para-hydroxylation sites is 1. The zero-order valence-electron chi connectivity index (χ0n) is 16.9. The standard InChI is InChI=1S/C22H23N5O3S/c23-31(29,30)18-9-8-16-10-11-26(20(16)12-18)14-22(28)24-21-13-19(15-6-7-15)25-27(21)17-4-2-1-3-5-17/h1-5,8-9,12-13,15H,6-7,10-11,14H2,(H,24,28)(H2,23,29,30). The van der Waals surface area contributed by atoms with E-state index in [1.807, 2.05) is 41.3 Å². The molecule has 0 unspecified atom stereocenters. The highest BCUT2D eigenvalue weighted by Gasteiger charge is 2.28. The number of primary sulfonamides is 1. The number of amides is 1. The highest BCUT2D eigenvalue weighted by Crippen LogP contribution is 2.40. The Morgan fingerprint density at radius 2 is 1.90 bits per heavy atom. The van der Waals surface area contributed by atoms with Crippen molar-refractivity contribution in [3.63, 3.8) is 0 Å². The van der Waals surface area contributed by atoms with Gasteiger partial charge in [0, 0.05) is 24.2 Å². The third-order valence-corrected chi connectivity index (χ3v) is 6.61. The van der Waals surface area contributed by atoms with Crippen molar-refractivity contribution < 1.29 is 13.2 Å². The summed E-state index contributed by atoms with van der Waals surface area (Å²) in [5, 5.41) is 13.0. The van der Waals surface area contributed by atoms with E-state index < -0.39 is 10.0 Å². The Labute approximate surface area is 180 Å². The second-order valence-electron chi connectivity index (χ2n) is 8.03. The largest absolute Gasteiger partial charge is 0.362 e. The monoisotopic (exact) mass is 437 g/mol. The summed E-state index contributed by atoms with van der Waals surface area (Å²) < 4.78 is 25.2. The molecule has 1 fully saturated rings. The first kappa shape index (κ1) is 19.8. The molecule has 2 heterocycles. The van der Waals surface area contributed by atoms with Gasteiger partial charge >= 0.3 is 0 Å². The van der Waals surface area contributed by atoms with E-state index in [9.17, 15) is 13.2 Å². The molecule has 2 aromatic carbocycles. The molecule has 5 rings (SSSR count). The highest BCUT2D eigenvalue weighted by atomic mass is 32.2. The molecule has 9 heteroatoms. The highest BCUT2D eigenvalue weighted by molar-refractivity contribution is 7.89. The topological polar surface area (TPSA) is 110 Å². The SMILES string of the molecule is NS(=O)(=O)c1ccc2c(c1)N(CC(=O)Nc1cc(C3CC3)nn1-c1ccccc1)CC2. The fraction of sp³-hybridized carbons (Fsp3) is 0.273. The molecule has 0 bridgehead atoms. The fourth-order valence-corrected chi connectivity index (χ4v) is 4.49. The minimum Gasteiger partial charge on any atom is -0.362 e. The molecular formula is C22H23N5O3S. The molecule has 1 amide bonds. The summed E-state index contributed by atoms with van der Waals surface area (Å²) in [5.74, 6) is 0.909. The van der Waals surface area contributed by atoms with Crippen LogP contribution in [-0.2, 0) is 21.2 Å². The number of nitrogens with one attached hydrogen (secondary N) is 1. The Kier molecular flexibility index (Phi) is 4.79. The number of hydrogen-bond donors (Lipinski definition) is 2. The molecule has 160 valence electrons. The lowest BCUT2D eigenvalue weighted by Gasteiger charge is -2.19. The Morgan fingerprint density at radius 3 is 2.61 bits per heavy atom. The number of carbonyl (C=O) groups is 1. The van der Waals surface area contributed by atoms with Gasteiger partial charge in [-0.2, -0.15) is 5.10 Å². The van der Waals surface area contributed by atoms with Crippen molar-refractivity contribution in [3.05, 3.63) is 65.9 Å². The molecule has 0 atom stereocenters. The van der Waals surface area contributed by atoms with Crippen molar-refractivity contribution in [1.82, 2.24) is 9.78 Å². The van der Waals surface area contributed by atoms with Crippen LogP contribution in [0.5, 0.6) is 0 Å². The molecule has 0 saturated heterocycles. The first-order valence-electron chi connectivity index (χ1n) is 10.2. The summed E-state index contributed by atoms with van der Waals surface area (Å²) >= 11 is 0. The lowest BCUT2D eigenvalue weighted by molar-refractivity contribution is -0.115. The van der Waals surface area contributed by atoms with E-state index in [1.54, 1.807) is 16.8 Å². The van der Waals surface area contributed by atoms with E-state index in [0.29, 0.717) is 18.3 Å². The number of rotatable bonds is 6. The molecule has 8 nitrogen and oxygen atoms in total. The molecule has 1 aromatic heterocycles. The van der Waals surface area contributed by atoms with E-state index in [-0.39, 0.29) is 17.3 Å². The fourth-order valence-electron chi connectivity index (χ4n) is 3.96. The van der Waals surface area contributed by atoms with Crippen molar-refractivity contribution in [2.45, 2.75) is 30.1 Å². The van der Waals surface area contributed by atoms with Crippen LogP contribution in [0, 0.1) is 0 Å². The number of nitrogens with zero attached hydrogens (tertiary/aromatic N) is 3. The van der Waals surface area contributed by atoms with Crippen LogP contribution in [-0.4, -0.2) is 37.2 Å². The van der Waals surface area contributed by atoms with Crippen LogP contribution in [0.4, 0.5) is 11.5 Å². The molecule has 0 spiro atoms. The van der Waals surface area contributed by atoms with Crippen LogP contribution >= 0.6 is 0 Å². The van der Waals surface area contributed by atoms with Gasteiger partial charge in [-0.1, -0.05) is 24.3 Å². The maximum Gasteiger partial charge on any atom is 0.245 e. The van der Waals surface area contributed by atoms with E-state index in [1.165, 1.54) is 6.07 Å². The normalized spacial score (nSPS) is 15.7. The van der Waals surface area contributed by atoms with Crippen molar-refractivity contribution in [1.29, 1.82) is 0 Å². The summed E-state index contributed by atoms with van der Waals surface area (Å²) in [6.45, 7) is 0.752. The van der Waals surface area contributed by atoms with Crippen LogP contribution in [0.3, 0.4) is 0 Å². The van der Waals surface area contributed by atoms with Crippen molar-refractivity contribution in [3.8, 4) is 5.69 Å². The van der Waals surface area contributed by atoms with Crippen LogP contribution in [0.1, 0.15) is 30.0 Å². The molecule has 3 N–H and O–H groups in total. The van der Waals surface area contributed by atoms with Gasteiger partial charge in [-0.15, -0.1) is 0 Å². The molecule has 1 saturated carbocycles. The number of fused-ring (bicyclic) bond motifs is 1. The number of hydrogen-bond acceptors (Lipinski definition) is 5. The van der Waals surface area contributed by atoms with Crippen molar-refractivity contribution >= 4 is 27.4 Å². The average Bonchev–Trinajstić information content (AvgIpc) is 3.40. The molecule has 2 aliphatic rings. The third-order valence-electron chi connectivity index (χ3n) is 5.70. The summed E-state index contributed by atoms with van der Waals surface area (Å²) in [6, 6.07) is 16.5. The van der Waals surface area contributed by atoms with Crippen molar-refractivity contribution in [2.24, 2.45) is 5.14 Å². The van der Waals surface area contributed by atoms with E-state index in [2.05, 4.69) is 5.32 Å². The predicted octanol–water partition coefficient (Wildman–Crippen LogP) is 2.40. The first-order valence-corrected chi connectivity index (χ1v) is 11.8. The zero-order chi connectivity index (χ0) is 21.6. The van der Waals surface area contributed by atoms with Gasteiger partial charge in [-0.3, -0.25) is 4.79 Å². The predicted molar refractivity (Wildman–Crippen MR) is 118 cm³/mol. The van der Waals surface area contributed by atoms with Gasteiger partial charge in [-0.25, -0.2) is 18.2 Å².